The molecule has 0 aliphatic rings. The number of hydrogen-bond donors (Lipinski definition) is 0. The van der Waals surface area contributed by atoms with Gasteiger partial charge in [-0.2, -0.15) is 0 Å². The summed E-state index contributed by atoms with van der Waals surface area (Å²) in [6.07, 6.45) is 0. The zero-order valence-corrected chi connectivity index (χ0v) is 30.9. The second kappa shape index (κ2) is 10.9. The Morgan fingerprint density at radius 1 is 0.442 bits per heavy atom. The standard InChI is InChI=1S/C48H40N2O2/c1-23(2)37-15-17-39-45(49-37)35-21-31-29(41-25(5)11-9-12-26(41)6)20-34-44-32(22-36-46-40(52-48(34)36)18-16-38(50-46)24(3)4)30(19-33(43(31)44)47(35)51-39)42-27(7)13-10-14-28(42)8/h9-24H,1-8H3. The molecule has 0 amide bonds. The molecular formula is C48H40N2O2. The lowest BCUT2D eigenvalue weighted by Gasteiger charge is -2.21. The lowest BCUT2D eigenvalue weighted by atomic mass is 9.82. The van der Waals surface area contributed by atoms with Crippen molar-refractivity contribution in [2.24, 2.45) is 0 Å². The third-order valence-electron chi connectivity index (χ3n) is 11.4. The molecule has 4 nitrogen and oxygen atoms in total. The Morgan fingerprint density at radius 2 is 0.827 bits per heavy atom. The second-order valence-electron chi connectivity index (χ2n) is 15.5. The van der Waals surface area contributed by atoms with Crippen LogP contribution in [-0.2, 0) is 0 Å². The molecule has 10 aromatic rings. The number of furan rings is 2. The molecular weight excluding hydrogens is 637 g/mol. The van der Waals surface area contributed by atoms with E-state index in [9.17, 15) is 0 Å². The van der Waals surface area contributed by atoms with Crippen LogP contribution in [0.3, 0.4) is 0 Å². The van der Waals surface area contributed by atoms with Crippen LogP contribution >= 0.6 is 0 Å². The topological polar surface area (TPSA) is 52.1 Å². The van der Waals surface area contributed by atoms with E-state index in [1.165, 1.54) is 66.1 Å². The second-order valence-corrected chi connectivity index (χ2v) is 15.5. The van der Waals surface area contributed by atoms with Gasteiger partial charge in [-0.3, -0.25) is 0 Å². The van der Waals surface area contributed by atoms with Crippen molar-refractivity contribution in [1.82, 2.24) is 9.97 Å². The summed E-state index contributed by atoms with van der Waals surface area (Å²) in [4.78, 5) is 10.4. The molecule has 0 saturated carbocycles. The van der Waals surface area contributed by atoms with Gasteiger partial charge in [-0.05, 0) is 143 Å². The average molecular weight is 677 g/mol. The first kappa shape index (κ1) is 31.0. The minimum absolute atomic E-state index is 0.303. The number of benzene rings is 6. The molecule has 0 bridgehead atoms. The molecule has 0 N–H and O–H groups in total. The van der Waals surface area contributed by atoms with Gasteiger partial charge in [-0.15, -0.1) is 0 Å². The molecule has 6 aromatic carbocycles. The van der Waals surface area contributed by atoms with Crippen LogP contribution in [0.2, 0.25) is 0 Å². The average Bonchev–Trinajstić information content (AvgIpc) is 3.68. The Kier molecular flexibility index (Phi) is 6.49. The maximum absolute atomic E-state index is 6.86. The van der Waals surface area contributed by atoms with Gasteiger partial charge in [-0.1, -0.05) is 64.1 Å². The summed E-state index contributed by atoms with van der Waals surface area (Å²) in [7, 11) is 0. The summed E-state index contributed by atoms with van der Waals surface area (Å²) < 4.78 is 13.7. The zero-order valence-electron chi connectivity index (χ0n) is 30.9. The van der Waals surface area contributed by atoms with E-state index in [1.54, 1.807) is 0 Å². The molecule has 0 spiro atoms. The summed E-state index contributed by atoms with van der Waals surface area (Å²) in [6, 6.07) is 31.1. The number of nitrogens with zero attached hydrogens (tertiary/aromatic N) is 2. The highest BCUT2D eigenvalue weighted by Crippen LogP contribution is 2.51. The van der Waals surface area contributed by atoms with Crippen molar-refractivity contribution >= 4 is 76.5 Å². The van der Waals surface area contributed by atoms with Gasteiger partial charge >= 0.3 is 0 Å². The van der Waals surface area contributed by atoms with E-state index in [2.05, 4.69) is 140 Å². The third kappa shape index (κ3) is 4.21. The molecule has 0 fully saturated rings. The minimum Gasteiger partial charge on any atom is -0.454 e. The van der Waals surface area contributed by atoms with Crippen LogP contribution in [0.1, 0.15) is 73.2 Å². The summed E-state index contributed by atoms with van der Waals surface area (Å²) >= 11 is 0. The molecule has 0 atom stereocenters. The predicted molar refractivity (Wildman–Crippen MR) is 218 cm³/mol. The SMILES string of the molecule is Cc1cccc(C)c1-c1cc2c3oc4ccc(C(C)C)nc4c3cc3c(-c4c(C)cccc4C)cc4c5oc6ccc(C(C)C)nc6c5cc1c4c32. The summed E-state index contributed by atoms with van der Waals surface area (Å²) in [5.41, 5.74) is 17.2. The molecule has 52 heavy (non-hydrogen) atoms. The van der Waals surface area contributed by atoms with Crippen molar-refractivity contribution < 1.29 is 8.83 Å². The Bertz CT molecular complexity index is 2870. The van der Waals surface area contributed by atoms with Crippen LogP contribution in [0.15, 0.2) is 93.8 Å². The Balaban J connectivity index is 1.51. The first-order valence-corrected chi connectivity index (χ1v) is 18.5. The predicted octanol–water partition coefficient (Wildman–Crippen LogP) is 14.0. The minimum atomic E-state index is 0.303. The molecule has 4 aromatic heterocycles. The van der Waals surface area contributed by atoms with Crippen molar-refractivity contribution in [2.45, 2.75) is 67.2 Å². The number of aromatic nitrogens is 2. The number of pyridine rings is 2. The van der Waals surface area contributed by atoms with Crippen molar-refractivity contribution in [3.05, 3.63) is 119 Å². The molecule has 0 aliphatic carbocycles. The fourth-order valence-electron chi connectivity index (χ4n) is 8.86. The monoisotopic (exact) mass is 676 g/mol. The van der Waals surface area contributed by atoms with Crippen LogP contribution in [0.25, 0.3) is 98.7 Å². The number of hydrogen-bond acceptors (Lipinski definition) is 4. The van der Waals surface area contributed by atoms with Crippen LogP contribution in [0.5, 0.6) is 0 Å². The van der Waals surface area contributed by atoms with Crippen molar-refractivity contribution in [2.75, 3.05) is 0 Å². The first-order chi connectivity index (χ1) is 25.1. The maximum atomic E-state index is 6.86. The van der Waals surface area contributed by atoms with Gasteiger partial charge in [-0.25, -0.2) is 9.97 Å². The van der Waals surface area contributed by atoms with E-state index in [0.717, 1.165) is 66.3 Å². The van der Waals surface area contributed by atoms with Gasteiger partial charge in [0.25, 0.3) is 0 Å². The summed E-state index contributed by atoms with van der Waals surface area (Å²) in [6.45, 7) is 17.7. The van der Waals surface area contributed by atoms with Crippen molar-refractivity contribution in [3.63, 3.8) is 0 Å². The van der Waals surface area contributed by atoms with Gasteiger partial charge in [0.05, 0.1) is 0 Å². The van der Waals surface area contributed by atoms with Gasteiger partial charge in [0.1, 0.15) is 22.2 Å². The van der Waals surface area contributed by atoms with E-state index in [1.807, 2.05) is 0 Å². The van der Waals surface area contributed by atoms with Gasteiger partial charge in [0, 0.05) is 43.7 Å². The van der Waals surface area contributed by atoms with E-state index >= 15 is 0 Å². The molecule has 0 saturated heterocycles. The third-order valence-corrected chi connectivity index (χ3v) is 11.4. The highest BCUT2D eigenvalue weighted by molar-refractivity contribution is 6.38. The van der Waals surface area contributed by atoms with Crippen LogP contribution in [0, 0.1) is 27.7 Å². The molecule has 0 radical (unpaired) electrons. The Morgan fingerprint density at radius 3 is 1.19 bits per heavy atom. The zero-order chi connectivity index (χ0) is 35.7. The van der Waals surface area contributed by atoms with Crippen molar-refractivity contribution in [3.8, 4) is 22.3 Å². The quantitative estimate of drug-likeness (QED) is 0.174. The summed E-state index contributed by atoms with van der Waals surface area (Å²) in [5.74, 6) is 0.607. The molecule has 0 unspecified atom stereocenters. The van der Waals surface area contributed by atoms with E-state index in [0.29, 0.717) is 11.8 Å². The van der Waals surface area contributed by atoms with Gasteiger partial charge in [0.2, 0.25) is 0 Å². The van der Waals surface area contributed by atoms with Gasteiger partial charge in [0.15, 0.2) is 11.2 Å². The van der Waals surface area contributed by atoms with Crippen molar-refractivity contribution in [1.29, 1.82) is 0 Å². The van der Waals surface area contributed by atoms with E-state index < -0.39 is 0 Å². The van der Waals surface area contributed by atoms with Crippen LogP contribution < -0.4 is 0 Å². The van der Waals surface area contributed by atoms with E-state index in [4.69, 9.17) is 18.8 Å². The summed E-state index contributed by atoms with van der Waals surface area (Å²) in [5, 5.41) is 9.04. The lowest BCUT2D eigenvalue weighted by Crippen LogP contribution is -1.96. The number of aryl methyl sites for hydroxylation is 4. The molecule has 0 aliphatic heterocycles. The number of fused-ring (bicyclic) bond motifs is 8. The lowest BCUT2D eigenvalue weighted by molar-refractivity contribution is 0.670. The smallest absolute Gasteiger partial charge is 0.153 e. The molecule has 4 heterocycles. The fraction of sp³-hybridized carbons (Fsp3) is 0.208. The van der Waals surface area contributed by atoms with Crippen LogP contribution in [0.4, 0.5) is 0 Å². The fourth-order valence-corrected chi connectivity index (χ4v) is 8.86. The Labute approximate surface area is 302 Å². The molecule has 4 heteroatoms. The normalized spacial score (nSPS) is 12.6. The highest BCUT2D eigenvalue weighted by atomic mass is 16.3. The molecule has 254 valence electrons. The van der Waals surface area contributed by atoms with Crippen LogP contribution in [-0.4, -0.2) is 9.97 Å². The largest absolute Gasteiger partial charge is 0.454 e. The van der Waals surface area contributed by atoms with E-state index in [-0.39, 0.29) is 0 Å². The highest BCUT2D eigenvalue weighted by Gasteiger charge is 2.27. The van der Waals surface area contributed by atoms with Gasteiger partial charge < -0.3 is 8.83 Å². The maximum Gasteiger partial charge on any atom is 0.153 e. The first-order valence-electron chi connectivity index (χ1n) is 18.5. The number of rotatable bonds is 4. The molecule has 10 rings (SSSR count). The Hall–Kier alpha value is -5.74.